The smallest absolute Gasteiger partial charge is 0.151 e. The molecular formula is C13H24N4O. The van der Waals surface area contributed by atoms with Crippen LogP contribution in [0.2, 0.25) is 0 Å². The standard InChI is InChI=1S/C13H24N4O/c1-4-12(5-2)17(8-9-18-3)13-7-6-11(10-14)15-16-13/h6-7,12H,4-5,8-10,14H2,1-3H3. The Labute approximate surface area is 109 Å². The van der Waals surface area contributed by atoms with Crippen LogP contribution in [-0.2, 0) is 11.3 Å². The Kier molecular flexibility index (Phi) is 6.60. The quantitative estimate of drug-likeness (QED) is 0.761. The summed E-state index contributed by atoms with van der Waals surface area (Å²) in [6, 6.07) is 4.39. The van der Waals surface area contributed by atoms with E-state index in [1.165, 1.54) is 0 Å². The van der Waals surface area contributed by atoms with Crippen molar-refractivity contribution >= 4 is 5.82 Å². The van der Waals surface area contributed by atoms with Crippen LogP contribution in [0.1, 0.15) is 32.4 Å². The molecule has 1 aromatic rings. The lowest BCUT2D eigenvalue weighted by atomic mass is 10.1. The van der Waals surface area contributed by atoms with Crippen LogP contribution < -0.4 is 10.6 Å². The summed E-state index contributed by atoms with van der Waals surface area (Å²) in [5, 5.41) is 8.38. The minimum absolute atomic E-state index is 0.427. The van der Waals surface area contributed by atoms with Crippen molar-refractivity contribution in [1.29, 1.82) is 0 Å². The van der Waals surface area contributed by atoms with Crippen molar-refractivity contribution in [3.8, 4) is 0 Å². The number of methoxy groups -OCH3 is 1. The third-order valence-corrected chi connectivity index (χ3v) is 3.13. The second-order valence-electron chi connectivity index (χ2n) is 4.24. The van der Waals surface area contributed by atoms with Crippen molar-refractivity contribution in [1.82, 2.24) is 10.2 Å². The van der Waals surface area contributed by atoms with Crippen LogP contribution in [0.15, 0.2) is 12.1 Å². The Morgan fingerprint density at radius 1 is 1.28 bits per heavy atom. The summed E-state index contributed by atoms with van der Waals surface area (Å²) in [5.74, 6) is 0.901. The molecule has 0 unspecified atom stereocenters. The number of rotatable bonds is 8. The summed E-state index contributed by atoms with van der Waals surface area (Å²) in [5.41, 5.74) is 6.35. The summed E-state index contributed by atoms with van der Waals surface area (Å²) >= 11 is 0. The number of hydrogen-bond donors (Lipinski definition) is 1. The van der Waals surface area contributed by atoms with Gasteiger partial charge in [-0.25, -0.2) is 0 Å². The Morgan fingerprint density at radius 3 is 2.44 bits per heavy atom. The van der Waals surface area contributed by atoms with Crippen LogP contribution in [0.25, 0.3) is 0 Å². The van der Waals surface area contributed by atoms with Gasteiger partial charge in [0.05, 0.1) is 12.3 Å². The third-order valence-electron chi connectivity index (χ3n) is 3.13. The van der Waals surface area contributed by atoms with E-state index >= 15 is 0 Å². The molecule has 1 aromatic heterocycles. The molecule has 102 valence electrons. The van der Waals surface area contributed by atoms with E-state index in [0.717, 1.165) is 30.9 Å². The van der Waals surface area contributed by atoms with E-state index < -0.39 is 0 Å². The van der Waals surface area contributed by atoms with Gasteiger partial charge in [0.2, 0.25) is 0 Å². The highest BCUT2D eigenvalue weighted by atomic mass is 16.5. The number of nitrogens with two attached hydrogens (primary N) is 1. The second kappa shape index (κ2) is 8.00. The van der Waals surface area contributed by atoms with Gasteiger partial charge in [-0.2, -0.15) is 5.10 Å². The molecular weight excluding hydrogens is 228 g/mol. The molecule has 0 aromatic carbocycles. The van der Waals surface area contributed by atoms with E-state index in [0.29, 0.717) is 19.2 Å². The predicted octanol–water partition coefficient (Wildman–Crippen LogP) is 1.58. The topological polar surface area (TPSA) is 64.3 Å². The van der Waals surface area contributed by atoms with Gasteiger partial charge >= 0.3 is 0 Å². The number of anilines is 1. The normalized spacial score (nSPS) is 10.9. The highest BCUT2D eigenvalue weighted by molar-refractivity contribution is 5.38. The highest BCUT2D eigenvalue weighted by Gasteiger charge is 2.16. The number of ether oxygens (including phenoxy) is 1. The molecule has 5 heteroatoms. The molecule has 1 heterocycles. The van der Waals surface area contributed by atoms with Crippen molar-refractivity contribution in [2.45, 2.75) is 39.3 Å². The molecule has 18 heavy (non-hydrogen) atoms. The van der Waals surface area contributed by atoms with Crippen LogP contribution in [0.3, 0.4) is 0 Å². The molecule has 0 radical (unpaired) electrons. The number of nitrogens with zero attached hydrogens (tertiary/aromatic N) is 3. The van der Waals surface area contributed by atoms with Gasteiger partial charge in [0.15, 0.2) is 5.82 Å². The summed E-state index contributed by atoms with van der Waals surface area (Å²) in [7, 11) is 1.72. The van der Waals surface area contributed by atoms with Crippen molar-refractivity contribution in [2.24, 2.45) is 5.73 Å². The minimum atomic E-state index is 0.427. The van der Waals surface area contributed by atoms with Crippen molar-refractivity contribution in [3.05, 3.63) is 17.8 Å². The first kappa shape index (κ1) is 14.9. The van der Waals surface area contributed by atoms with Crippen LogP contribution in [0.4, 0.5) is 5.82 Å². The molecule has 0 aliphatic heterocycles. The fourth-order valence-corrected chi connectivity index (χ4v) is 2.02. The molecule has 2 N–H and O–H groups in total. The summed E-state index contributed by atoms with van der Waals surface area (Å²) < 4.78 is 5.17. The molecule has 0 bridgehead atoms. The van der Waals surface area contributed by atoms with Crippen molar-refractivity contribution < 1.29 is 4.74 Å². The molecule has 0 spiro atoms. The molecule has 0 aliphatic rings. The van der Waals surface area contributed by atoms with Gasteiger partial charge < -0.3 is 15.4 Å². The highest BCUT2D eigenvalue weighted by Crippen LogP contribution is 2.17. The SMILES string of the molecule is CCC(CC)N(CCOC)c1ccc(CN)nn1. The Hall–Kier alpha value is -1.20. The van der Waals surface area contributed by atoms with Crippen LogP contribution in [0.5, 0.6) is 0 Å². The first-order valence-electron chi connectivity index (χ1n) is 6.55. The second-order valence-corrected chi connectivity index (χ2v) is 4.24. The van der Waals surface area contributed by atoms with Gasteiger partial charge in [-0.15, -0.1) is 5.10 Å². The number of aromatic nitrogens is 2. The maximum atomic E-state index is 5.53. The lowest BCUT2D eigenvalue weighted by Crippen LogP contribution is -2.37. The van der Waals surface area contributed by atoms with Crippen LogP contribution in [-0.4, -0.2) is 36.5 Å². The largest absolute Gasteiger partial charge is 0.383 e. The Balaban J connectivity index is 2.85. The summed E-state index contributed by atoms with van der Waals surface area (Å²) in [4.78, 5) is 2.26. The van der Waals surface area contributed by atoms with Gasteiger partial charge in [0.1, 0.15) is 0 Å². The van der Waals surface area contributed by atoms with Gasteiger partial charge in [-0.3, -0.25) is 0 Å². The van der Waals surface area contributed by atoms with E-state index in [2.05, 4.69) is 28.9 Å². The third kappa shape index (κ3) is 3.92. The first-order valence-corrected chi connectivity index (χ1v) is 6.55. The van der Waals surface area contributed by atoms with Gasteiger partial charge in [0, 0.05) is 26.2 Å². The monoisotopic (exact) mass is 252 g/mol. The average molecular weight is 252 g/mol. The van der Waals surface area contributed by atoms with Crippen LogP contribution in [0, 0.1) is 0 Å². The summed E-state index contributed by atoms with van der Waals surface area (Å²) in [6.45, 7) is 6.33. The van der Waals surface area contributed by atoms with E-state index in [1.54, 1.807) is 7.11 Å². The first-order chi connectivity index (χ1) is 8.76. The molecule has 0 amide bonds. The van der Waals surface area contributed by atoms with E-state index in [1.807, 2.05) is 12.1 Å². The molecule has 0 saturated carbocycles. The number of hydrogen-bond acceptors (Lipinski definition) is 5. The van der Waals surface area contributed by atoms with E-state index in [-0.39, 0.29) is 0 Å². The fraction of sp³-hybridized carbons (Fsp3) is 0.692. The predicted molar refractivity (Wildman–Crippen MR) is 73.5 cm³/mol. The van der Waals surface area contributed by atoms with Gasteiger partial charge in [-0.1, -0.05) is 13.8 Å². The van der Waals surface area contributed by atoms with Gasteiger partial charge in [-0.05, 0) is 25.0 Å². The molecule has 1 rings (SSSR count). The van der Waals surface area contributed by atoms with Crippen LogP contribution >= 0.6 is 0 Å². The van der Waals surface area contributed by atoms with Gasteiger partial charge in [0.25, 0.3) is 0 Å². The minimum Gasteiger partial charge on any atom is -0.383 e. The fourth-order valence-electron chi connectivity index (χ4n) is 2.02. The molecule has 0 aliphatic carbocycles. The molecule has 5 nitrogen and oxygen atoms in total. The van der Waals surface area contributed by atoms with E-state index in [4.69, 9.17) is 10.5 Å². The molecule has 0 saturated heterocycles. The maximum Gasteiger partial charge on any atom is 0.151 e. The zero-order chi connectivity index (χ0) is 13.4. The van der Waals surface area contributed by atoms with Crippen molar-refractivity contribution in [2.75, 3.05) is 25.2 Å². The zero-order valence-electron chi connectivity index (χ0n) is 11.6. The maximum absolute atomic E-state index is 5.53. The van der Waals surface area contributed by atoms with E-state index in [9.17, 15) is 0 Å². The lowest BCUT2D eigenvalue weighted by molar-refractivity contribution is 0.202. The Morgan fingerprint density at radius 2 is 2.00 bits per heavy atom. The van der Waals surface area contributed by atoms with Crippen molar-refractivity contribution in [3.63, 3.8) is 0 Å². The lowest BCUT2D eigenvalue weighted by Gasteiger charge is -2.31. The zero-order valence-corrected chi connectivity index (χ0v) is 11.6. The Bertz CT molecular complexity index is 324. The average Bonchev–Trinajstić information content (AvgIpc) is 2.43. The summed E-state index contributed by atoms with van der Waals surface area (Å²) in [6.07, 6.45) is 2.17. The molecule has 0 atom stereocenters. The molecule has 0 fully saturated rings.